The zero-order valence-electron chi connectivity index (χ0n) is 16.6. The highest BCUT2D eigenvalue weighted by molar-refractivity contribution is 6.04. The number of benzene rings is 2. The van der Waals surface area contributed by atoms with Crippen LogP contribution in [0.4, 0.5) is 0 Å². The minimum Gasteiger partial charge on any atom is -0.494 e. The van der Waals surface area contributed by atoms with Gasteiger partial charge in [0.1, 0.15) is 5.75 Å². The number of carbonyl (C=O) groups is 1. The lowest BCUT2D eigenvalue weighted by molar-refractivity contribution is 0.0949. The Morgan fingerprint density at radius 3 is 2.55 bits per heavy atom. The molecule has 2 aromatic carbocycles. The van der Waals surface area contributed by atoms with Gasteiger partial charge in [0.05, 0.1) is 18.2 Å². The first-order valence-corrected chi connectivity index (χ1v) is 9.70. The van der Waals surface area contributed by atoms with E-state index in [1.54, 1.807) is 37.4 Å². The van der Waals surface area contributed by atoms with Crippen LogP contribution in [0, 0.1) is 0 Å². The van der Waals surface area contributed by atoms with Gasteiger partial charge in [-0.2, -0.15) is 10.2 Å². The van der Waals surface area contributed by atoms with E-state index in [9.17, 15) is 9.59 Å². The maximum atomic E-state index is 12.6. The first kappa shape index (κ1) is 20.3. The summed E-state index contributed by atoms with van der Waals surface area (Å²) in [5.41, 5.74) is 3.26. The summed E-state index contributed by atoms with van der Waals surface area (Å²) in [7, 11) is 0. The molecule has 7 nitrogen and oxygen atoms in total. The molecule has 0 atom stereocenters. The molecule has 3 rings (SSSR count). The van der Waals surface area contributed by atoms with E-state index < -0.39 is 5.91 Å². The maximum absolute atomic E-state index is 12.6. The molecular weight excluding hydrogens is 368 g/mol. The summed E-state index contributed by atoms with van der Waals surface area (Å²) in [4.78, 5) is 25.0. The normalized spacial score (nSPS) is 11.1. The number of hydrogen-bond acceptors (Lipinski definition) is 5. The summed E-state index contributed by atoms with van der Waals surface area (Å²) in [6.45, 7) is 4.99. The smallest absolute Gasteiger partial charge is 0.292 e. The molecule has 0 radical (unpaired) electrons. The third kappa shape index (κ3) is 4.87. The molecule has 0 fully saturated rings. The van der Waals surface area contributed by atoms with Gasteiger partial charge >= 0.3 is 0 Å². The number of carbonyl (C=O) groups excluding carboxylic acids is 1. The molecule has 0 spiro atoms. The number of aromatic nitrogens is 2. The van der Waals surface area contributed by atoms with Gasteiger partial charge in [-0.05, 0) is 49.2 Å². The maximum Gasteiger partial charge on any atom is 0.292 e. The number of ether oxygens (including phenoxy) is 1. The number of unbranched alkanes of at least 4 members (excludes halogenated alkanes) is 1. The van der Waals surface area contributed by atoms with Gasteiger partial charge in [-0.15, -0.1) is 0 Å². The molecule has 3 aromatic rings. The Morgan fingerprint density at radius 1 is 1.14 bits per heavy atom. The molecule has 1 amide bonds. The zero-order chi connectivity index (χ0) is 20.6. The summed E-state index contributed by atoms with van der Waals surface area (Å²) in [6.07, 6.45) is 3.65. The topological polar surface area (TPSA) is 85.6 Å². The van der Waals surface area contributed by atoms with E-state index in [4.69, 9.17) is 4.74 Å². The molecule has 1 aromatic heterocycles. The molecule has 1 heterocycles. The van der Waals surface area contributed by atoms with Gasteiger partial charge in [-0.25, -0.2) is 10.1 Å². The molecule has 0 saturated carbocycles. The monoisotopic (exact) mass is 392 g/mol. The van der Waals surface area contributed by atoms with Gasteiger partial charge in [-0.3, -0.25) is 9.59 Å². The lowest BCUT2D eigenvalue weighted by Gasteiger charge is -2.08. The van der Waals surface area contributed by atoms with Crippen LogP contribution in [0.2, 0.25) is 0 Å². The molecule has 7 heteroatoms. The SMILES string of the molecule is CCCCOc1ccc(/C=N\NC(=O)c2nn(CC)c(=O)c3ccccc23)cc1. The van der Waals surface area contributed by atoms with Crippen LogP contribution >= 0.6 is 0 Å². The van der Waals surface area contributed by atoms with Gasteiger partial charge in [-0.1, -0.05) is 31.5 Å². The van der Waals surface area contributed by atoms with E-state index in [2.05, 4.69) is 22.5 Å². The number of hydrazone groups is 1. The minimum atomic E-state index is -0.473. The van der Waals surface area contributed by atoms with Gasteiger partial charge in [0.25, 0.3) is 11.5 Å². The predicted octanol–water partition coefficient (Wildman–Crippen LogP) is 3.36. The summed E-state index contributed by atoms with van der Waals surface area (Å²) < 4.78 is 6.90. The van der Waals surface area contributed by atoms with Crippen LogP contribution in [0.1, 0.15) is 42.7 Å². The van der Waals surface area contributed by atoms with Crippen molar-refractivity contribution in [3.63, 3.8) is 0 Å². The van der Waals surface area contributed by atoms with Gasteiger partial charge in [0.2, 0.25) is 0 Å². The molecule has 0 bridgehead atoms. The van der Waals surface area contributed by atoms with Crippen LogP contribution in [-0.4, -0.2) is 28.5 Å². The zero-order valence-corrected chi connectivity index (χ0v) is 16.6. The average molecular weight is 392 g/mol. The quantitative estimate of drug-likeness (QED) is 0.362. The number of fused-ring (bicyclic) bond motifs is 1. The van der Waals surface area contributed by atoms with Crippen molar-refractivity contribution in [2.75, 3.05) is 6.61 Å². The van der Waals surface area contributed by atoms with Crippen molar-refractivity contribution in [2.24, 2.45) is 5.10 Å². The largest absolute Gasteiger partial charge is 0.494 e. The van der Waals surface area contributed by atoms with Crippen LogP contribution in [-0.2, 0) is 6.54 Å². The van der Waals surface area contributed by atoms with Gasteiger partial charge < -0.3 is 4.74 Å². The lowest BCUT2D eigenvalue weighted by atomic mass is 10.1. The number of nitrogens with zero attached hydrogens (tertiary/aromatic N) is 3. The summed E-state index contributed by atoms with van der Waals surface area (Å²) >= 11 is 0. The average Bonchev–Trinajstić information content (AvgIpc) is 2.75. The van der Waals surface area contributed by atoms with Crippen molar-refractivity contribution in [2.45, 2.75) is 33.2 Å². The second-order valence-corrected chi connectivity index (χ2v) is 6.49. The van der Waals surface area contributed by atoms with E-state index in [1.165, 1.54) is 4.68 Å². The van der Waals surface area contributed by atoms with Crippen LogP contribution < -0.4 is 15.7 Å². The van der Waals surface area contributed by atoms with E-state index in [0.717, 1.165) is 24.2 Å². The number of rotatable bonds is 8. The number of nitrogens with one attached hydrogen (secondary N) is 1. The van der Waals surface area contributed by atoms with Crippen LogP contribution in [0.15, 0.2) is 58.4 Å². The van der Waals surface area contributed by atoms with Crippen molar-refractivity contribution < 1.29 is 9.53 Å². The fraction of sp³-hybridized carbons (Fsp3) is 0.273. The van der Waals surface area contributed by atoms with E-state index in [-0.39, 0.29) is 11.3 Å². The first-order chi connectivity index (χ1) is 14.1. The van der Waals surface area contributed by atoms with E-state index in [1.807, 2.05) is 24.3 Å². The Hall–Kier alpha value is -3.48. The molecule has 1 N–H and O–H groups in total. The molecule has 0 unspecified atom stereocenters. The molecule has 0 saturated heterocycles. The Labute approximate surface area is 169 Å². The summed E-state index contributed by atoms with van der Waals surface area (Å²) in [5.74, 6) is 0.330. The van der Waals surface area contributed by atoms with Gasteiger partial charge in [0, 0.05) is 11.9 Å². The molecular formula is C22H24N4O3. The summed E-state index contributed by atoms with van der Waals surface area (Å²) in [5, 5.41) is 9.17. The highest BCUT2D eigenvalue weighted by Crippen LogP contribution is 2.14. The van der Waals surface area contributed by atoms with Crippen molar-refractivity contribution in [1.29, 1.82) is 0 Å². The fourth-order valence-electron chi connectivity index (χ4n) is 2.82. The Morgan fingerprint density at radius 2 is 1.86 bits per heavy atom. The Balaban J connectivity index is 1.72. The van der Waals surface area contributed by atoms with E-state index >= 15 is 0 Å². The highest BCUT2D eigenvalue weighted by Gasteiger charge is 2.15. The molecule has 29 heavy (non-hydrogen) atoms. The fourth-order valence-corrected chi connectivity index (χ4v) is 2.82. The Bertz CT molecular complexity index is 1070. The second kappa shape index (κ2) is 9.64. The first-order valence-electron chi connectivity index (χ1n) is 9.70. The Kier molecular flexibility index (Phi) is 6.73. The second-order valence-electron chi connectivity index (χ2n) is 6.49. The third-order valence-corrected chi connectivity index (χ3v) is 4.41. The number of hydrogen-bond donors (Lipinski definition) is 1. The minimum absolute atomic E-state index is 0.166. The van der Waals surface area contributed by atoms with Crippen molar-refractivity contribution in [3.8, 4) is 5.75 Å². The number of amides is 1. The molecule has 0 aliphatic rings. The molecule has 0 aliphatic carbocycles. The van der Waals surface area contributed by atoms with Crippen LogP contribution in [0.25, 0.3) is 10.8 Å². The lowest BCUT2D eigenvalue weighted by Crippen LogP contribution is -2.28. The van der Waals surface area contributed by atoms with E-state index in [0.29, 0.717) is 23.9 Å². The highest BCUT2D eigenvalue weighted by atomic mass is 16.5. The van der Waals surface area contributed by atoms with Crippen LogP contribution in [0.5, 0.6) is 5.75 Å². The van der Waals surface area contributed by atoms with Gasteiger partial charge in [0.15, 0.2) is 5.69 Å². The molecule has 150 valence electrons. The number of aryl methyl sites for hydroxylation is 1. The van der Waals surface area contributed by atoms with Crippen molar-refractivity contribution in [3.05, 3.63) is 70.1 Å². The van der Waals surface area contributed by atoms with Crippen molar-refractivity contribution in [1.82, 2.24) is 15.2 Å². The summed E-state index contributed by atoms with van der Waals surface area (Å²) in [6, 6.07) is 14.4. The van der Waals surface area contributed by atoms with Crippen molar-refractivity contribution >= 4 is 22.9 Å². The molecule has 0 aliphatic heterocycles. The standard InChI is InChI=1S/C22H24N4O3/c1-3-5-14-29-17-12-10-16(11-13-17)15-23-24-21(27)20-18-8-6-7-9-19(18)22(28)26(4-2)25-20/h6-13,15H,3-5,14H2,1-2H3,(H,24,27)/b23-15-. The third-order valence-electron chi connectivity index (χ3n) is 4.41. The predicted molar refractivity (Wildman–Crippen MR) is 114 cm³/mol. The van der Waals surface area contributed by atoms with Crippen LogP contribution in [0.3, 0.4) is 0 Å².